The summed E-state index contributed by atoms with van der Waals surface area (Å²) in [6, 6.07) is 1.08. The van der Waals surface area contributed by atoms with Crippen LogP contribution in [0.5, 0.6) is 0 Å². The van der Waals surface area contributed by atoms with E-state index < -0.39 is 0 Å². The van der Waals surface area contributed by atoms with Crippen LogP contribution in [0.1, 0.15) is 12.0 Å². The third-order valence-electron chi connectivity index (χ3n) is 3.61. The molecule has 4 nitrogen and oxygen atoms in total. The van der Waals surface area contributed by atoms with Gasteiger partial charge in [0.15, 0.2) is 0 Å². The zero-order valence-corrected chi connectivity index (χ0v) is 8.43. The number of nitrogens with zero attached hydrogens (tertiary/aromatic N) is 3. The molecule has 3 unspecified atom stereocenters. The maximum absolute atomic E-state index is 6.01. The topological polar surface area (TPSA) is 47.1 Å². The van der Waals surface area contributed by atoms with Crippen molar-refractivity contribution in [2.24, 2.45) is 18.7 Å². The molecule has 3 atom stereocenters. The molecule has 0 amide bonds. The van der Waals surface area contributed by atoms with Crippen LogP contribution in [0.25, 0.3) is 0 Å². The fraction of sp³-hybridized carbons (Fsp3) is 0.700. The molecule has 76 valence electrons. The van der Waals surface area contributed by atoms with E-state index >= 15 is 0 Å². The highest BCUT2D eigenvalue weighted by Gasteiger charge is 2.49. The summed E-state index contributed by atoms with van der Waals surface area (Å²) < 4.78 is 1.86. The van der Waals surface area contributed by atoms with E-state index in [1.165, 1.54) is 18.5 Å². The second-order valence-electron chi connectivity index (χ2n) is 4.59. The Kier molecular flexibility index (Phi) is 1.69. The molecule has 3 heterocycles. The Morgan fingerprint density at radius 3 is 3.00 bits per heavy atom. The second kappa shape index (κ2) is 2.81. The van der Waals surface area contributed by atoms with Gasteiger partial charge in [-0.05, 0) is 12.3 Å². The summed E-state index contributed by atoms with van der Waals surface area (Å²) in [7, 11) is 1.96. The largest absolute Gasteiger partial charge is 0.326 e. The van der Waals surface area contributed by atoms with Crippen molar-refractivity contribution >= 4 is 0 Å². The molecular weight excluding hydrogens is 176 g/mol. The average molecular weight is 192 g/mol. The number of rotatable bonds is 2. The van der Waals surface area contributed by atoms with Crippen LogP contribution in [0.2, 0.25) is 0 Å². The summed E-state index contributed by atoms with van der Waals surface area (Å²) in [5.41, 5.74) is 7.31. The summed E-state index contributed by atoms with van der Waals surface area (Å²) in [6.45, 7) is 2.20. The van der Waals surface area contributed by atoms with Crippen molar-refractivity contribution in [2.75, 3.05) is 6.54 Å². The Morgan fingerprint density at radius 2 is 2.50 bits per heavy atom. The van der Waals surface area contributed by atoms with Gasteiger partial charge in [0.2, 0.25) is 0 Å². The van der Waals surface area contributed by atoms with E-state index in [2.05, 4.69) is 16.2 Å². The van der Waals surface area contributed by atoms with E-state index in [9.17, 15) is 0 Å². The van der Waals surface area contributed by atoms with Crippen molar-refractivity contribution in [2.45, 2.75) is 25.0 Å². The van der Waals surface area contributed by atoms with Gasteiger partial charge in [0.1, 0.15) is 0 Å². The molecule has 3 fully saturated rings. The van der Waals surface area contributed by atoms with Gasteiger partial charge in [-0.25, -0.2) is 0 Å². The predicted molar refractivity (Wildman–Crippen MR) is 53.5 cm³/mol. The van der Waals surface area contributed by atoms with Gasteiger partial charge in [0.25, 0.3) is 0 Å². The van der Waals surface area contributed by atoms with E-state index in [1.54, 1.807) is 0 Å². The van der Waals surface area contributed by atoms with E-state index in [1.807, 2.05) is 17.9 Å². The Labute approximate surface area is 83.7 Å². The molecule has 2 bridgehead atoms. The second-order valence-corrected chi connectivity index (χ2v) is 4.59. The van der Waals surface area contributed by atoms with Crippen molar-refractivity contribution < 1.29 is 0 Å². The lowest BCUT2D eigenvalue weighted by atomic mass is 9.81. The fourth-order valence-electron chi connectivity index (χ4n) is 2.74. The number of nitrogens with two attached hydrogens (primary N) is 1. The summed E-state index contributed by atoms with van der Waals surface area (Å²) in [6.07, 6.45) is 5.34. The third kappa shape index (κ3) is 1.11. The van der Waals surface area contributed by atoms with Crippen molar-refractivity contribution in [1.82, 2.24) is 14.7 Å². The van der Waals surface area contributed by atoms with Gasteiger partial charge in [-0.2, -0.15) is 5.10 Å². The lowest BCUT2D eigenvalue weighted by Gasteiger charge is -2.33. The molecule has 1 aromatic rings. The highest BCUT2D eigenvalue weighted by atomic mass is 15.3. The Bertz CT molecular complexity index is 346. The maximum atomic E-state index is 6.01. The van der Waals surface area contributed by atoms with Crippen LogP contribution in [0.3, 0.4) is 0 Å². The van der Waals surface area contributed by atoms with Gasteiger partial charge in [-0.15, -0.1) is 0 Å². The molecule has 0 spiro atoms. The molecule has 4 heteroatoms. The normalized spacial score (nSPS) is 36.0. The fourth-order valence-corrected chi connectivity index (χ4v) is 2.74. The van der Waals surface area contributed by atoms with Crippen LogP contribution in [-0.2, 0) is 13.6 Å². The first-order valence-electron chi connectivity index (χ1n) is 5.21. The molecule has 0 aromatic carbocycles. The molecule has 2 N–H and O–H groups in total. The van der Waals surface area contributed by atoms with Gasteiger partial charge in [-0.3, -0.25) is 9.58 Å². The zero-order chi connectivity index (χ0) is 9.71. The monoisotopic (exact) mass is 192 g/mol. The number of hydrogen-bond donors (Lipinski definition) is 1. The molecular formula is C10H16N4. The summed E-state index contributed by atoms with van der Waals surface area (Å²) in [4.78, 5) is 2.49. The van der Waals surface area contributed by atoms with Crippen molar-refractivity contribution in [3.05, 3.63) is 18.0 Å². The van der Waals surface area contributed by atoms with E-state index in [4.69, 9.17) is 5.73 Å². The third-order valence-corrected chi connectivity index (χ3v) is 3.61. The molecule has 0 radical (unpaired) electrons. The zero-order valence-electron chi connectivity index (χ0n) is 8.43. The van der Waals surface area contributed by atoms with Crippen LogP contribution < -0.4 is 5.73 Å². The summed E-state index contributed by atoms with van der Waals surface area (Å²) in [5.74, 6) is 0.761. The van der Waals surface area contributed by atoms with E-state index in [0.29, 0.717) is 12.1 Å². The molecule has 1 saturated carbocycles. The lowest BCUT2D eigenvalue weighted by Crippen LogP contribution is -2.49. The molecule has 1 aromatic heterocycles. The van der Waals surface area contributed by atoms with Crippen molar-refractivity contribution in [3.8, 4) is 0 Å². The first-order valence-corrected chi connectivity index (χ1v) is 5.21. The van der Waals surface area contributed by atoms with Gasteiger partial charge in [0.05, 0.1) is 6.20 Å². The van der Waals surface area contributed by atoms with Crippen LogP contribution in [0, 0.1) is 5.92 Å². The quantitative estimate of drug-likeness (QED) is 0.714. The Balaban J connectivity index is 1.69. The van der Waals surface area contributed by atoms with Crippen LogP contribution in [0.4, 0.5) is 0 Å². The Morgan fingerprint density at radius 1 is 1.64 bits per heavy atom. The first-order chi connectivity index (χ1) is 6.74. The predicted octanol–water partition coefficient (Wildman–Crippen LogP) is -0.0485. The molecule has 1 aliphatic carbocycles. The summed E-state index contributed by atoms with van der Waals surface area (Å²) >= 11 is 0. The molecule has 2 saturated heterocycles. The van der Waals surface area contributed by atoms with Crippen LogP contribution in [0.15, 0.2) is 12.4 Å². The van der Waals surface area contributed by atoms with Gasteiger partial charge < -0.3 is 5.73 Å². The minimum atomic E-state index is 0.437. The number of hydrogen-bond acceptors (Lipinski definition) is 3. The summed E-state index contributed by atoms with van der Waals surface area (Å²) in [5, 5.41) is 4.18. The maximum Gasteiger partial charge on any atom is 0.0534 e. The van der Waals surface area contributed by atoms with Gasteiger partial charge in [0, 0.05) is 44.0 Å². The highest BCUT2D eigenvalue weighted by Crippen LogP contribution is 2.40. The number of fused-ring (bicyclic) bond motifs is 1. The minimum Gasteiger partial charge on any atom is -0.326 e. The number of aryl methyl sites for hydroxylation is 1. The van der Waals surface area contributed by atoms with Crippen LogP contribution in [-0.4, -0.2) is 33.3 Å². The SMILES string of the molecule is Cn1cc(CN2CC3CC2C3N)cn1. The minimum absolute atomic E-state index is 0.437. The lowest BCUT2D eigenvalue weighted by molar-refractivity contribution is 0.208. The Hall–Kier alpha value is -0.870. The van der Waals surface area contributed by atoms with Crippen molar-refractivity contribution in [1.29, 1.82) is 0 Å². The van der Waals surface area contributed by atoms with E-state index in [-0.39, 0.29) is 0 Å². The van der Waals surface area contributed by atoms with Crippen molar-refractivity contribution in [3.63, 3.8) is 0 Å². The standard InChI is InChI=1S/C10H16N4/c1-13-4-7(3-12-13)5-14-6-8-2-9(14)10(8)11/h3-4,8-10H,2,5-6,11H2,1H3. The van der Waals surface area contributed by atoms with Gasteiger partial charge in [-0.1, -0.05) is 0 Å². The molecule has 3 aliphatic rings. The number of aromatic nitrogens is 2. The highest BCUT2D eigenvalue weighted by molar-refractivity contribution is 5.11. The van der Waals surface area contributed by atoms with E-state index in [0.717, 1.165) is 12.5 Å². The smallest absolute Gasteiger partial charge is 0.0534 e. The molecule has 14 heavy (non-hydrogen) atoms. The first kappa shape index (κ1) is 8.44. The van der Waals surface area contributed by atoms with Crippen LogP contribution >= 0.6 is 0 Å². The molecule has 4 rings (SSSR count). The van der Waals surface area contributed by atoms with Gasteiger partial charge >= 0.3 is 0 Å². The average Bonchev–Trinajstić information content (AvgIpc) is 2.79. The molecule has 2 aliphatic heterocycles.